The van der Waals surface area contributed by atoms with Gasteiger partial charge in [0.25, 0.3) is 0 Å². The largest absolute Gasteiger partial charge is 0.370 e. The van der Waals surface area contributed by atoms with Crippen LogP contribution >= 0.6 is 11.6 Å². The summed E-state index contributed by atoms with van der Waals surface area (Å²) in [7, 11) is 0. The number of nitrogens with one attached hydrogen (secondary N) is 1. The van der Waals surface area contributed by atoms with Crippen molar-refractivity contribution < 1.29 is 0 Å². The maximum atomic E-state index is 6.10. The molecule has 2 aromatic rings. The van der Waals surface area contributed by atoms with Crippen LogP contribution in [0.3, 0.4) is 0 Å². The van der Waals surface area contributed by atoms with E-state index in [0.29, 0.717) is 11.0 Å². The zero-order valence-electron chi connectivity index (χ0n) is 11.8. The Morgan fingerprint density at radius 2 is 2.00 bits per heavy atom. The van der Waals surface area contributed by atoms with Crippen molar-refractivity contribution in [2.45, 2.75) is 25.7 Å². The van der Waals surface area contributed by atoms with Crippen LogP contribution in [0.1, 0.15) is 25.7 Å². The van der Waals surface area contributed by atoms with Crippen LogP contribution in [-0.2, 0) is 0 Å². The number of hydrogen-bond donors (Lipinski definition) is 1. The normalized spacial score (nSPS) is 14.0. The number of allylic oxidation sites excluding steroid dienone is 1. The maximum Gasteiger partial charge on any atom is 0.163 e. The SMILES string of the molecule is Clc1cc(NCCC2=CCCC2)nc(-c2ccccc2)n1. The van der Waals surface area contributed by atoms with E-state index in [0.717, 1.165) is 24.3 Å². The van der Waals surface area contributed by atoms with E-state index in [1.54, 1.807) is 11.6 Å². The van der Waals surface area contributed by atoms with Gasteiger partial charge in [-0.05, 0) is 25.7 Å². The average Bonchev–Trinajstić information content (AvgIpc) is 3.01. The number of aromatic nitrogens is 2. The number of hydrogen-bond acceptors (Lipinski definition) is 3. The van der Waals surface area contributed by atoms with Gasteiger partial charge in [0.05, 0.1) is 0 Å². The van der Waals surface area contributed by atoms with Crippen molar-refractivity contribution in [3.05, 3.63) is 53.2 Å². The van der Waals surface area contributed by atoms with Gasteiger partial charge in [-0.15, -0.1) is 0 Å². The molecule has 0 unspecified atom stereocenters. The molecule has 0 saturated carbocycles. The molecule has 21 heavy (non-hydrogen) atoms. The van der Waals surface area contributed by atoms with E-state index in [1.165, 1.54) is 19.3 Å². The van der Waals surface area contributed by atoms with E-state index in [9.17, 15) is 0 Å². The molecule has 0 fully saturated rings. The van der Waals surface area contributed by atoms with E-state index in [4.69, 9.17) is 11.6 Å². The van der Waals surface area contributed by atoms with Crippen LogP contribution in [0.5, 0.6) is 0 Å². The van der Waals surface area contributed by atoms with Gasteiger partial charge in [-0.2, -0.15) is 0 Å². The van der Waals surface area contributed by atoms with Crippen LogP contribution in [0.4, 0.5) is 5.82 Å². The Kier molecular flexibility index (Phi) is 4.51. The molecule has 1 aliphatic rings. The summed E-state index contributed by atoms with van der Waals surface area (Å²) in [6.45, 7) is 0.882. The van der Waals surface area contributed by atoms with Crippen molar-refractivity contribution in [2.24, 2.45) is 0 Å². The van der Waals surface area contributed by atoms with Crippen molar-refractivity contribution in [3.8, 4) is 11.4 Å². The topological polar surface area (TPSA) is 37.8 Å². The summed E-state index contributed by atoms with van der Waals surface area (Å²) in [5.41, 5.74) is 2.52. The Morgan fingerprint density at radius 1 is 1.14 bits per heavy atom. The molecule has 1 heterocycles. The third kappa shape index (κ3) is 3.82. The van der Waals surface area contributed by atoms with Gasteiger partial charge in [0.1, 0.15) is 11.0 Å². The summed E-state index contributed by atoms with van der Waals surface area (Å²) >= 11 is 6.10. The molecule has 4 heteroatoms. The lowest BCUT2D eigenvalue weighted by atomic mass is 10.2. The molecule has 0 spiro atoms. The lowest BCUT2D eigenvalue weighted by Crippen LogP contribution is -2.05. The third-order valence-electron chi connectivity index (χ3n) is 3.61. The summed E-state index contributed by atoms with van der Waals surface area (Å²) < 4.78 is 0. The molecule has 3 rings (SSSR count). The monoisotopic (exact) mass is 299 g/mol. The van der Waals surface area contributed by atoms with Crippen LogP contribution in [0, 0.1) is 0 Å². The quantitative estimate of drug-likeness (QED) is 0.642. The molecule has 1 N–H and O–H groups in total. The standard InChI is InChI=1S/C17H18ClN3/c18-15-12-16(19-11-10-13-6-4-5-7-13)21-17(20-15)14-8-2-1-3-9-14/h1-3,6,8-9,12H,4-5,7,10-11H2,(H,19,20,21). The van der Waals surface area contributed by atoms with Crippen LogP contribution < -0.4 is 5.32 Å². The molecule has 0 bridgehead atoms. The van der Waals surface area contributed by atoms with Crippen molar-refractivity contribution in [1.29, 1.82) is 0 Å². The zero-order valence-corrected chi connectivity index (χ0v) is 12.6. The van der Waals surface area contributed by atoms with E-state index < -0.39 is 0 Å². The van der Waals surface area contributed by atoms with Crippen LogP contribution in [0.25, 0.3) is 11.4 Å². The molecule has 0 radical (unpaired) electrons. The molecule has 3 nitrogen and oxygen atoms in total. The fourth-order valence-corrected chi connectivity index (χ4v) is 2.72. The third-order valence-corrected chi connectivity index (χ3v) is 3.81. The van der Waals surface area contributed by atoms with Gasteiger partial charge >= 0.3 is 0 Å². The first-order chi connectivity index (χ1) is 10.3. The molecule has 0 amide bonds. The van der Waals surface area contributed by atoms with Crippen LogP contribution in [0.15, 0.2) is 48.0 Å². The lowest BCUT2D eigenvalue weighted by molar-refractivity contribution is 0.861. The average molecular weight is 300 g/mol. The van der Waals surface area contributed by atoms with Crippen molar-refractivity contribution >= 4 is 17.4 Å². The Bertz CT molecular complexity index is 638. The Labute approximate surface area is 130 Å². The first-order valence-corrected chi connectivity index (χ1v) is 7.71. The number of rotatable bonds is 5. The second-order valence-corrected chi connectivity index (χ2v) is 5.58. The molecule has 1 aromatic heterocycles. The predicted octanol–water partition coefficient (Wildman–Crippen LogP) is 4.71. The lowest BCUT2D eigenvalue weighted by Gasteiger charge is -2.08. The van der Waals surface area contributed by atoms with E-state index in [1.807, 2.05) is 30.3 Å². The number of nitrogens with zero attached hydrogens (tertiary/aromatic N) is 2. The fraction of sp³-hybridized carbons (Fsp3) is 0.294. The minimum atomic E-state index is 0.464. The van der Waals surface area contributed by atoms with Gasteiger partial charge in [-0.3, -0.25) is 0 Å². The first-order valence-electron chi connectivity index (χ1n) is 7.33. The smallest absolute Gasteiger partial charge is 0.163 e. The molecule has 0 aliphatic heterocycles. The highest BCUT2D eigenvalue weighted by molar-refractivity contribution is 6.29. The molecule has 0 saturated heterocycles. The van der Waals surface area contributed by atoms with E-state index in [2.05, 4.69) is 21.4 Å². The Hall–Kier alpha value is -1.87. The maximum absolute atomic E-state index is 6.10. The first kappa shape index (κ1) is 14.1. The van der Waals surface area contributed by atoms with E-state index in [-0.39, 0.29) is 0 Å². The van der Waals surface area contributed by atoms with Gasteiger partial charge in [0.2, 0.25) is 0 Å². The zero-order chi connectivity index (χ0) is 14.5. The van der Waals surface area contributed by atoms with Crippen LogP contribution in [0.2, 0.25) is 5.15 Å². The van der Waals surface area contributed by atoms with Gasteiger partial charge in [0.15, 0.2) is 5.82 Å². The van der Waals surface area contributed by atoms with E-state index >= 15 is 0 Å². The number of halogens is 1. The van der Waals surface area contributed by atoms with Crippen molar-refractivity contribution in [1.82, 2.24) is 9.97 Å². The number of anilines is 1. The molecular formula is C17H18ClN3. The highest BCUT2D eigenvalue weighted by atomic mass is 35.5. The fourth-order valence-electron chi connectivity index (χ4n) is 2.54. The second kappa shape index (κ2) is 6.72. The van der Waals surface area contributed by atoms with Crippen molar-refractivity contribution in [2.75, 3.05) is 11.9 Å². The summed E-state index contributed by atoms with van der Waals surface area (Å²) in [5.74, 6) is 1.44. The number of benzene rings is 1. The highest BCUT2D eigenvalue weighted by Gasteiger charge is 2.07. The summed E-state index contributed by atoms with van der Waals surface area (Å²) in [4.78, 5) is 8.83. The minimum Gasteiger partial charge on any atom is -0.370 e. The molecule has 1 aliphatic carbocycles. The summed E-state index contributed by atoms with van der Waals surface area (Å²) in [6.07, 6.45) is 7.19. The Morgan fingerprint density at radius 3 is 2.76 bits per heavy atom. The molecule has 108 valence electrons. The minimum absolute atomic E-state index is 0.464. The Balaban J connectivity index is 1.69. The van der Waals surface area contributed by atoms with Crippen LogP contribution in [-0.4, -0.2) is 16.5 Å². The van der Waals surface area contributed by atoms with Gasteiger partial charge in [0, 0.05) is 18.2 Å². The second-order valence-electron chi connectivity index (χ2n) is 5.20. The molecule has 0 atom stereocenters. The van der Waals surface area contributed by atoms with Gasteiger partial charge < -0.3 is 5.32 Å². The van der Waals surface area contributed by atoms with Gasteiger partial charge in [-0.25, -0.2) is 9.97 Å². The van der Waals surface area contributed by atoms with Crippen molar-refractivity contribution in [3.63, 3.8) is 0 Å². The summed E-state index contributed by atoms with van der Waals surface area (Å²) in [5, 5.41) is 3.81. The predicted molar refractivity (Wildman–Crippen MR) is 87.5 cm³/mol. The van der Waals surface area contributed by atoms with Gasteiger partial charge in [-0.1, -0.05) is 53.6 Å². The molecule has 1 aromatic carbocycles. The summed E-state index contributed by atoms with van der Waals surface area (Å²) in [6, 6.07) is 11.7. The molecular weight excluding hydrogens is 282 g/mol. The highest BCUT2D eigenvalue weighted by Crippen LogP contribution is 2.22.